The van der Waals surface area contributed by atoms with Gasteiger partial charge in [0.15, 0.2) is 9.84 Å². The van der Waals surface area contributed by atoms with E-state index in [2.05, 4.69) is 15.9 Å². The fourth-order valence-electron chi connectivity index (χ4n) is 3.69. The van der Waals surface area contributed by atoms with Crippen molar-refractivity contribution in [2.45, 2.75) is 29.9 Å². The summed E-state index contributed by atoms with van der Waals surface area (Å²) in [7, 11) is -3.63. The average molecular weight is 468 g/mol. The fourth-order valence-corrected chi connectivity index (χ4v) is 6.72. The Bertz CT molecular complexity index is 942. The Kier molecular flexibility index (Phi) is 5.77. The van der Waals surface area contributed by atoms with Crippen LogP contribution in [0.1, 0.15) is 24.0 Å². The highest BCUT2D eigenvalue weighted by molar-refractivity contribution is 9.10. The number of hydrogen-bond acceptors (Lipinski definition) is 4. The van der Waals surface area contributed by atoms with Crippen LogP contribution in [0.2, 0.25) is 0 Å². The van der Waals surface area contributed by atoms with E-state index in [9.17, 15) is 8.42 Å². The van der Waals surface area contributed by atoms with Gasteiger partial charge in [-0.25, -0.2) is 8.42 Å². The fraction of sp³-hybridized carbons (Fsp3) is 0.350. The minimum absolute atomic E-state index is 0.185. The topological polar surface area (TPSA) is 69.4 Å². The van der Waals surface area contributed by atoms with E-state index in [1.807, 2.05) is 38.1 Å². The second-order valence-corrected chi connectivity index (χ2v) is 10.3. The molecule has 7 heteroatoms. The van der Waals surface area contributed by atoms with E-state index < -0.39 is 20.5 Å². The van der Waals surface area contributed by atoms with E-state index in [4.69, 9.17) is 22.7 Å². The number of nitrogens with two attached hydrogens (primary N) is 1. The molecule has 0 aliphatic heterocycles. The van der Waals surface area contributed by atoms with Crippen LogP contribution in [0.5, 0.6) is 0 Å². The van der Waals surface area contributed by atoms with Gasteiger partial charge in [0.2, 0.25) is 0 Å². The smallest absolute Gasteiger partial charge is 0.182 e. The van der Waals surface area contributed by atoms with E-state index in [1.165, 1.54) is 0 Å². The van der Waals surface area contributed by atoms with Crippen molar-refractivity contribution in [1.29, 1.82) is 0 Å². The Labute approximate surface area is 174 Å². The molecule has 0 spiro atoms. The van der Waals surface area contributed by atoms with Gasteiger partial charge in [-0.3, -0.25) is 0 Å². The summed E-state index contributed by atoms with van der Waals surface area (Å²) in [6, 6.07) is 14.5. The third-order valence-electron chi connectivity index (χ3n) is 5.17. The van der Waals surface area contributed by atoms with Crippen LogP contribution in [0.25, 0.3) is 0 Å². The lowest BCUT2D eigenvalue weighted by Gasteiger charge is -2.17. The molecule has 4 nitrogen and oxygen atoms in total. The molecule has 3 atom stereocenters. The van der Waals surface area contributed by atoms with Crippen LogP contribution in [0.3, 0.4) is 0 Å². The summed E-state index contributed by atoms with van der Waals surface area (Å²) in [4.78, 5) is 0.472. The summed E-state index contributed by atoms with van der Waals surface area (Å²) in [6.45, 7) is 4.45. The zero-order valence-corrected chi connectivity index (χ0v) is 18.4. The normalized spacial score (nSPS) is 24.6. The molecule has 0 aromatic heterocycles. The number of sulfone groups is 1. The van der Waals surface area contributed by atoms with Gasteiger partial charge in [0.25, 0.3) is 0 Å². The summed E-state index contributed by atoms with van der Waals surface area (Å²) in [5, 5.41) is -0.738. The van der Waals surface area contributed by atoms with Crippen LogP contribution in [-0.4, -0.2) is 31.9 Å². The van der Waals surface area contributed by atoms with Gasteiger partial charge in [0.1, 0.15) is 0 Å². The molecule has 3 rings (SSSR count). The molecule has 27 heavy (non-hydrogen) atoms. The Balaban J connectivity index is 2.10. The van der Waals surface area contributed by atoms with E-state index in [1.54, 1.807) is 24.3 Å². The van der Waals surface area contributed by atoms with Crippen LogP contribution in [-0.2, 0) is 14.6 Å². The molecule has 1 fully saturated rings. The van der Waals surface area contributed by atoms with Crippen molar-refractivity contribution >= 4 is 43.0 Å². The van der Waals surface area contributed by atoms with Gasteiger partial charge in [-0.15, -0.1) is 0 Å². The second kappa shape index (κ2) is 7.62. The van der Waals surface area contributed by atoms with Crippen molar-refractivity contribution in [1.82, 2.24) is 0 Å². The Morgan fingerprint density at radius 1 is 1.19 bits per heavy atom. The number of hydrogen-bond donors (Lipinski definition) is 1. The third-order valence-corrected chi connectivity index (χ3v) is 8.37. The molecule has 0 unspecified atom stereocenters. The summed E-state index contributed by atoms with van der Waals surface area (Å²) >= 11 is 8.77. The Morgan fingerprint density at radius 3 is 2.30 bits per heavy atom. The molecule has 144 valence electrons. The summed E-state index contributed by atoms with van der Waals surface area (Å²) < 4.78 is 33.5. The molecule has 1 aliphatic rings. The van der Waals surface area contributed by atoms with Crippen molar-refractivity contribution in [3.63, 3.8) is 0 Å². The van der Waals surface area contributed by atoms with Gasteiger partial charge >= 0.3 is 0 Å². The van der Waals surface area contributed by atoms with Gasteiger partial charge in [-0.1, -0.05) is 58.0 Å². The van der Waals surface area contributed by atoms with E-state index >= 15 is 0 Å². The lowest BCUT2D eigenvalue weighted by molar-refractivity contribution is 0.121. The zero-order chi connectivity index (χ0) is 19.8. The van der Waals surface area contributed by atoms with Crippen LogP contribution >= 0.6 is 28.1 Å². The van der Waals surface area contributed by atoms with E-state index in [-0.39, 0.29) is 22.4 Å². The van der Waals surface area contributed by atoms with Crippen molar-refractivity contribution < 1.29 is 13.2 Å². The first-order chi connectivity index (χ1) is 12.7. The molecule has 0 bridgehead atoms. The quantitative estimate of drug-likeness (QED) is 0.622. The monoisotopic (exact) mass is 467 g/mol. The Morgan fingerprint density at radius 2 is 1.78 bits per heavy atom. The van der Waals surface area contributed by atoms with Gasteiger partial charge in [-0.2, -0.15) is 0 Å². The number of aryl methyl sites for hydroxylation is 1. The van der Waals surface area contributed by atoms with Crippen LogP contribution in [0, 0.1) is 12.3 Å². The van der Waals surface area contributed by atoms with Crippen LogP contribution in [0.15, 0.2) is 57.9 Å². The number of thiocarbonyl (C=S) groups is 1. The lowest BCUT2D eigenvalue weighted by Crippen LogP contribution is -2.33. The Hall–Kier alpha value is -1.28. The lowest BCUT2D eigenvalue weighted by atomic mass is 10.00. The van der Waals surface area contributed by atoms with E-state index in [0.717, 1.165) is 15.6 Å². The standard InChI is InChI=1S/C20H22BrNO3S2/c1-3-25-12-20(19(22)26)17(14-6-8-15(21)9-7-14)18(20)27(23,24)16-10-4-13(2)5-11-16/h4-11,17-18H,3,12H2,1-2H3,(H2,22,26)/t17-,18+,20-/m1/s1. The first-order valence-corrected chi connectivity index (χ1v) is 11.4. The van der Waals surface area contributed by atoms with Crippen molar-refractivity contribution in [3.8, 4) is 0 Å². The first-order valence-electron chi connectivity index (χ1n) is 8.69. The molecule has 2 N–H and O–H groups in total. The highest BCUT2D eigenvalue weighted by atomic mass is 79.9. The van der Waals surface area contributed by atoms with Crippen LogP contribution < -0.4 is 5.73 Å². The number of benzene rings is 2. The molecule has 1 saturated carbocycles. The second-order valence-electron chi connectivity index (χ2n) is 6.85. The molecule has 0 saturated heterocycles. The van der Waals surface area contributed by atoms with Crippen molar-refractivity contribution in [3.05, 3.63) is 64.1 Å². The summed E-state index contributed by atoms with van der Waals surface area (Å²) in [6.07, 6.45) is 0. The number of halogens is 1. The van der Waals surface area contributed by atoms with Gasteiger partial charge in [-0.05, 0) is 43.7 Å². The highest BCUT2D eigenvalue weighted by Gasteiger charge is 2.73. The zero-order valence-electron chi connectivity index (χ0n) is 15.2. The molecule has 2 aromatic carbocycles. The molecule has 0 heterocycles. The molecule has 0 radical (unpaired) electrons. The van der Waals surface area contributed by atoms with Crippen LogP contribution in [0.4, 0.5) is 0 Å². The summed E-state index contributed by atoms with van der Waals surface area (Å²) in [5.41, 5.74) is 7.10. The molecule has 0 amide bonds. The first kappa shape index (κ1) is 20.5. The summed E-state index contributed by atoms with van der Waals surface area (Å²) in [5.74, 6) is -0.332. The number of rotatable bonds is 7. The van der Waals surface area contributed by atoms with Crippen molar-refractivity contribution in [2.24, 2.45) is 11.1 Å². The largest absolute Gasteiger partial charge is 0.393 e. The molecular formula is C20H22BrNO3S2. The van der Waals surface area contributed by atoms with E-state index in [0.29, 0.717) is 6.61 Å². The highest BCUT2D eigenvalue weighted by Crippen LogP contribution is 2.64. The maximum Gasteiger partial charge on any atom is 0.182 e. The molecule has 2 aromatic rings. The predicted octanol–water partition coefficient (Wildman–Crippen LogP) is 4.01. The minimum Gasteiger partial charge on any atom is -0.393 e. The van der Waals surface area contributed by atoms with Gasteiger partial charge in [0.05, 0.1) is 27.2 Å². The maximum atomic E-state index is 13.5. The number of ether oxygens (including phenoxy) is 1. The minimum atomic E-state index is -3.63. The molecular weight excluding hydrogens is 446 g/mol. The average Bonchev–Trinajstić information content (AvgIpc) is 3.32. The van der Waals surface area contributed by atoms with Gasteiger partial charge < -0.3 is 10.5 Å². The molecule has 1 aliphatic carbocycles. The van der Waals surface area contributed by atoms with Crippen molar-refractivity contribution in [2.75, 3.05) is 13.2 Å². The third kappa shape index (κ3) is 3.58. The predicted molar refractivity (Wildman–Crippen MR) is 115 cm³/mol. The van der Waals surface area contributed by atoms with Gasteiger partial charge in [0, 0.05) is 17.0 Å². The maximum absolute atomic E-state index is 13.5. The SMILES string of the molecule is CCOC[C@@]1(C(N)=S)[C@H](c2ccc(Br)cc2)[C@@H]1S(=O)(=O)c1ccc(C)cc1.